The average molecular weight is 386 g/mol. The minimum Gasteiger partial charge on any atom is -0.339 e. The number of nitrogens with zero attached hydrogens (tertiary/aromatic N) is 4. The zero-order valence-electron chi connectivity index (χ0n) is 15.2. The summed E-state index contributed by atoms with van der Waals surface area (Å²) in [5, 5.41) is 0. The van der Waals surface area contributed by atoms with Gasteiger partial charge < -0.3 is 9.30 Å². The van der Waals surface area contributed by atoms with E-state index >= 15 is 0 Å². The number of piperidine rings is 1. The van der Waals surface area contributed by atoms with Crippen molar-refractivity contribution in [2.75, 3.05) is 13.1 Å². The third-order valence-electron chi connectivity index (χ3n) is 5.23. The van der Waals surface area contributed by atoms with Crippen LogP contribution in [-0.2, 0) is 6.54 Å². The molecule has 0 saturated carbocycles. The molecule has 3 aromatic rings. The Morgan fingerprint density at radius 1 is 1.21 bits per heavy atom. The molecule has 0 unspecified atom stereocenters. The Labute approximate surface area is 160 Å². The molecule has 1 aliphatic heterocycles. The second kappa shape index (κ2) is 7.53. The first-order valence-electron chi connectivity index (χ1n) is 9.22. The topological polar surface area (TPSA) is 59.6 Å². The first-order valence-corrected chi connectivity index (χ1v) is 9.22. The van der Waals surface area contributed by atoms with Crippen molar-refractivity contribution in [2.24, 2.45) is 5.92 Å². The molecule has 8 heteroatoms. The fourth-order valence-electron chi connectivity index (χ4n) is 3.65. The van der Waals surface area contributed by atoms with Gasteiger partial charge in [-0.1, -0.05) is 6.07 Å². The van der Waals surface area contributed by atoms with E-state index in [1.54, 1.807) is 0 Å². The summed E-state index contributed by atoms with van der Waals surface area (Å²) in [4.78, 5) is 30.2. The maximum absolute atomic E-state index is 12.8. The summed E-state index contributed by atoms with van der Waals surface area (Å²) in [5.41, 5.74) is 0.665. The van der Waals surface area contributed by atoms with Gasteiger partial charge in [0.25, 0.3) is 17.9 Å². The van der Waals surface area contributed by atoms with Crippen LogP contribution in [0.2, 0.25) is 0 Å². The Bertz CT molecular complexity index is 1020. The summed E-state index contributed by atoms with van der Waals surface area (Å²) in [6, 6.07) is 8.57. The van der Waals surface area contributed by atoms with Gasteiger partial charge in [0.1, 0.15) is 5.69 Å². The third-order valence-corrected chi connectivity index (χ3v) is 5.23. The van der Waals surface area contributed by atoms with Crippen molar-refractivity contribution >= 4 is 11.4 Å². The van der Waals surface area contributed by atoms with E-state index in [1.165, 1.54) is 10.9 Å². The van der Waals surface area contributed by atoms with Crippen molar-refractivity contribution in [3.63, 3.8) is 0 Å². The number of hydrogen-bond donors (Lipinski definition) is 0. The lowest BCUT2D eigenvalue weighted by atomic mass is 9.96. The number of hydrogen-bond acceptors (Lipinski definition) is 3. The molecule has 1 amide bonds. The predicted octanol–water partition coefficient (Wildman–Crippen LogP) is 2.99. The Kier molecular flexibility index (Phi) is 4.93. The van der Waals surface area contributed by atoms with E-state index in [9.17, 15) is 18.4 Å². The second-order valence-corrected chi connectivity index (χ2v) is 7.10. The summed E-state index contributed by atoms with van der Waals surface area (Å²) in [6.45, 7) is 1.63. The van der Waals surface area contributed by atoms with E-state index < -0.39 is 17.7 Å². The van der Waals surface area contributed by atoms with Gasteiger partial charge in [0, 0.05) is 43.6 Å². The third kappa shape index (κ3) is 3.67. The van der Waals surface area contributed by atoms with E-state index in [0.717, 1.165) is 24.4 Å². The summed E-state index contributed by atoms with van der Waals surface area (Å²) in [7, 11) is 0. The monoisotopic (exact) mass is 386 g/mol. The summed E-state index contributed by atoms with van der Waals surface area (Å²) < 4.78 is 28.5. The van der Waals surface area contributed by atoms with Crippen molar-refractivity contribution in [3.05, 3.63) is 70.7 Å². The van der Waals surface area contributed by atoms with Crippen LogP contribution in [0.5, 0.6) is 0 Å². The zero-order chi connectivity index (χ0) is 19.7. The highest BCUT2D eigenvalue weighted by Crippen LogP contribution is 2.21. The molecule has 1 aliphatic rings. The SMILES string of the molecule is O=C(c1cc2ccccn2c1)N1CCC(Cn2cnc(C(F)F)cc2=O)CC1. The van der Waals surface area contributed by atoms with Crippen LogP contribution in [0.25, 0.3) is 5.52 Å². The fraction of sp³-hybridized carbons (Fsp3) is 0.350. The Morgan fingerprint density at radius 3 is 2.68 bits per heavy atom. The van der Waals surface area contributed by atoms with Crippen molar-refractivity contribution in [1.29, 1.82) is 0 Å². The Morgan fingerprint density at radius 2 is 2.00 bits per heavy atom. The van der Waals surface area contributed by atoms with Crippen LogP contribution in [0.3, 0.4) is 0 Å². The maximum atomic E-state index is 12.8. The number of halogens is 2. The van der Waals surface area contributed by atoms with E-state index in [2.05, 4.69) is 4.98 Å². The molecule has 28 heavy (non-hydrogen) atoms. The molecular weight excluding hydrogens is 366 g/mol. The highest BCUT2D eigenvalue weighted by Gasteiger charge is 2.25. The maximum Gasteiger partial charge on any atom is 0.280 e. The molecule has 0 radical (unpaired) electrons. The minimum absolute atomic E-state index is 0.00210. The molecule has 0 aromatic carbocycles. The predicted molar refractivity (Wildman–Crippen MR) is 99.5 cm³/mol. The number of carbonyl (C=O) groups excluding carboxylic acids is 1. The molecule has 6 nitrogen and oxygen atoms in total. The normalized spacial score (nSPS) is 15.5. The van der Waals surface area contributed by atoms with Crippen LogP contribution in [-0.4, -0.2) is 37.8 Å². The highest BCUT2D eigenvalue weighted by molar-refractivity contribution is 5.95. The van der Waals surface area contributed by atoms with Crippen molar-refractivity contribution in [1.82, 2.24) is 18.9 Å². The van der Waals surface area contributed by atoms with Crippen molar-refractivity contribution in [2.45, 2.75) is 25.8 Å². The number of amides is 1. The van der Waals surface area contributed by atoms with Gasteiger partial charge in [-0.05, 0) is 37.0 Å². The van der Waals surface area contributed by atoms with Crippen LogP contribution in [0.15, 0.2) is 53.8 Å². The molecule has 146 valence electrons. The number of aromatic nitrogens is 3. The largest absolute Gasteiger partial charge is 0.339 e. The molecule has 4 heterocycles. The lowest BCUT2D eigenvalue weighted by Crippen LogP contribution is -2.40. The molecular formula is C20H20F2N4O2. The van der Waals surface area contributed by atoms with Crippen LogP contribution in [0, 0.1) is 5.92 Å². The van der Waals surface area contributed by atoms with Gasteiger partial charge in [0.2, 0.25) is 0 Å². The lowest BCUT2D eigenvalue weighted by molar-refractivity contribution is 0.0682. The smallest absolute Gasteiger partial charge is 0.280 e. The van der Waals surface area contributed by atoms with E-state index in [-0.39, 0.29) is 11.8 Å². The molecule has 0 N–H and O–H groups in total. The average Bonchev–Trinajstić information content (AvgIpc) is 3.13. The van der Waals surface area contributed by atoms with E-state index in [4.69, 9.17) is 0 Å². The molecule has 4 rings (SSSR count). The number of likely N-dealkylation sites (tertiary alicyclic amines) is 1. The zero-order valence-corrected chi connectivity index (χ0v) is 15.2. The van der Waals surface area contributed by atoms with E-state index in [0.29, 0.717) is 25.2 Å². The first-order chi connectivity index (χ1) is 13.5. The number of alkyl halides is 2. The van der Waals surface area contributed by atoms with Gasteiger partial charge in [-0.15, -0.1) is 0 Å². The number of rotatable bonds is 4. The van der Waals surface area contributed by atoms with Crippen molar-refractivity contribution in [3.8, 4) is 0 Å². The summed E-state index contributed by atoms with van der Waals surface area (Å²) >= 11 is 0. The highest BCUT2D eigenvalue weighted by atomic mass is 19.3. The summed E-state index contributed by atoms with van der Waals surface area (Å²) in [5.74, 6) is 0.205. The fourth-order valence-corrected chi connectivity index (χ4v) is 3.65. The number of carbonyl (C=O) groups is 1. The van der Waals surface area contributed by atoms with Gasteiger partial charge in [-0.25, -0.2) is 13.8 Å². The number of pyridine rings is 1. The molecule has 0 atom stereocenters. The van der Waals surface area contributed by atoms with Crippen LogP contribution in [0.4, 0.5) is 8.78 Å². The molecule has 0 aliphatic carbocycles. The quantitative estimate of drug-likeness (QED) is 0.693. The molecule has 0 bridgehead atoms. The second-order valence-electron chi connectivity index (χ2n) is 7.10. The standard InChI is InChI=1S/C20H20F2N4O2/c21-19(22)17-10-18(27)26(13-23-17)11-14-4-7-24(8-5-14)20(28)15-9-16-3-1-2-6-25(16)12-15/h1-3,6,9-10,12-14,19H,4-5,7-8,11H2. The van der Waals surface area contributed by atoms with Crippen LogP contribution >= 0.6 is 0 Å². The Balaban J connectivity index is 1.38. The van der Waals surface area contributed by atoms with Gasteiger partial charge in [0.15, 0.2) is 0 Å². The Hall–Kier alpha value is -3.03. The van der Waals surface area contributed by atoms with Crippen molar-refractivity contribution < 1.29 is 13.6 Å². The van der Waals surface area contributed by atoms with Crippen LogP contribution in [0.1, 0.15) is 35.3 Å². The summed E-state index contributed by atoms with van der Waals surface area (Å²) in [6.07, 6.45) is 3.68. The molecule has 3 aromatic heterocycles. The van der Waals surface area contributed by atoms with Gasteiger partial charge in [-0.3, -0.25) is 14.2 Å². The number of fused-ring (bicyclic) bond motifs is 1. The molecule has 1 saturated heterocycles. The minimum atomic E-state index is -2.75. The molecule has 1 fully saturated rings. The first kappa shape index (κ1) is 18.3. The van der Waals surface area contributed by atoms with Crippen LogP contribution < -0.4 is 5.56 Å². The van der Waals surface area contributed by atoms with Gasteiger partial charge in [0.05, 0.1) is 11.9 Å². The molecule has 0 spiro atoms. The van der Waals surface area contributed by atoms with E-state index in [1.807, 2.05) is 46.0 Å². The van der Waals surface area contributed by atoms with Gasteiger partial charge in [-0.2, -0.15) is 0 Å². The lowest BCUT2D eigenvalue weighted by Gasteiger charge is -2.32. The van der Waals surface area contributed by atoms with Gasteiger partial charge >= 0.3 is 0 Å².